The molecule has 224 valence electrons. The Bertz CT molecular complexity index is 1190. The third kappa shape index (κ3) is 5.02. The second-order valence-corrected chi connectivity index (χ2v) is 12.3. The van der Waals surface area contributed by atoms with Crippen molar-refractivity contribution in [2.45, 2.75) is 89.4 Å². The summed E-state index contributed by atoms with van der Waals surface area (Å²) in [7, 11) is 0. The molecule has 2 bridgehead atoms. The number of amides is 1. The molecule has 5 aliphatic rings. The SMILES string of the molecule is CC1=CC2O[C@@H]3C[C@H]4OC(=O)/C=C\C=C\C(=O)OCC[C@@H](C)[C@@H](NC(=O)[C@H](C)N)C(=O)OC[C@@]2(CC1)[C@]4(C)[C@]31CO1. The van der Waals surface area contributed by atoms with Crippen molar-refractivity contribution in [2.75, 3.05) is 19.8 Å². The molecule has 11 heteroatoms. The monoisotopic (exact) mass is 572 g/mol. The number of nitrogens with two attached hydrogens (primary N) is 1. The van der Waals surface area contributed by atoms with Crippen LogP contribution in [0.15, 0.2) is 36.0 Å². The summed E-state index contributed by atoms with van der Waals surface area (Å²) in [4.78, 5) is 51.3. The third-order valence-corrected chi connectivity index (χ3v) is 9.88. The smallest absolute Gasteiger partial charge is 0.331 e. The van der Waals surface area contributed by atoms with Gasteiger partial charge in [0.25, 0.3) is 0 Å². The Labute approximate surface area is 239 Å². The van der Waals surface area contributed by atoms with E-state index in [0.29, 0.717) is 19.4 Å². The quantitative estimate of drug-likeness (QED) is 0.216. The van der Waals surface area contributed by atoms with Gasteiger partial charge in [0.05, 0.1) is 36.9 Å². The summed E-state index contributed by atoms with van der Waals surface area (Å²) in [5.41, 5.74) is 4.82. The first kappa shape index (κ1) is 29.5. The number of hydrogen-bond donors (Lipinski definition) is 2. The van der Waals surface area contributed by atoms with Gasteiger partial charge in [0.2, 0.25) is 5.91 Å². The molecular weight excluding hydrogens is 532 g/mol. The van der Waals surface area contributed by atoms with Crippen LogP contribution in [0.2, 0.25) is 0 Å². The summed E-state index contributed by atoms with van der Waals surface area (Å²) >= 11 is 0. The van der Waals surface area contributed by atoms with Gasteiger partial charge in [0.15, 0.2) is 0 Å². The molecule has 9 atom stereocenters. The van der Waals surface area contributed by atoms with Crippen LogP contribution in [-0.2, 0) is 42.9 Å². The Morgan fingerprint density at radius 3 is 2.49 bits per heavy atom. The summed E-state index contributed by atoms with van der Waals surface area (Å²) < 4.78 is 30.2. The number of carbonyl (C=O) groups excluding carboxylic acids is 4. The van der Waals surface area contributed by atoms with E-state index in [0.717, 1.165) is 6.42 Å². The van der Waals surface area contributed by atoms with Crippen LogP contribution in [0, 0.1) is 16.7 Å². The largest absolute Gasteiger partial charge is 0.463 e. The topological polar surface area (TPSA) is 156 Å². The molecule has 2 aliphatic carbocycles. The minimum Gasteiger partial charge on any atom is -0.463 e. The fraction of sp³-hybridized carbons (Fsp3) is 0.667. The van der Waals surface area contributed by atoms with Gasteiger partial charge in [-0.25, -0.2) is 14.4 Å². The van der Waals surface area contributed by atoms with Crippen molar-refractivity contribution < 1.29 is 42.9 Å². The number of epoxide rings is 1. The second-order valence-electron chi connectivity index (χ2n) is 12.3. The number of esters is 3. The molecular formula is C30H40N2O9. The van der Waals surface area contributed by atoms with Crippen LogP contribution in [-0.4, -0.2) is 79.6 Å². The maximum Gasteiger partial charge on any atom is 0.331 e. The van der Waals surface area contributed by atoms with Crippen molar-refractivity contribution >= 4 is 23.8 Å². The van der Waals surface area contributed by atoms with Crippen molar-refractivity contribution in [3.8, 4) is 0 Å². The van der Waals surface area contributed by atoms with Gasteiger partial charge in [-0.05, 0) is 39.0 Å². The lowest BCUT2D eigenvalue weighted by Gasteiger charge is -2.58. The van der Waals surface area contributed by atoms with Crippen LogP contribution in [0.1, 0.15) is 53.4 Å². The van der Waals surface area contributed by atoms with Crippen LogP contribution in [0.3, 0.4) is 0 Å². The summed E-state index contributed by atoms with van der Waals surface area (Å²) in [6.45, 7) is 7.87. The fourth-order valence-corrected chi connectivity index (χ4v) is 7.15. The average molecular weight is 573 g/mol. The Balaban J connectivity index is 1.53. The van der Waals surface area contributed by atoms with E-state index in [-0.39, 0.29) is 31.8 Å². The molecule has 0 radical (unpaired) electrons. The van der Waals surface area contributed by atoms with Gasteiger partial charge in [0, 0.05) is 24.0 Å². The van der Waals surface area contributed by atoms with Gasteiger partial charge in [-0.1, -0.05) is 37.6 Å². The van der Waals surface area contributed by atoms with E-state index in [2.05, 4.69) is 25.2 Å². The molecule has 1 amide bonds. The average Bonchev–Trinajstić information content (AvgIpc) is 3.70. The first-order valence-corrected chi connectivity index (χ1v) is 14.3. The van der Waals surface area contributed by atoms with Crippen molar-refractivity contribution in [1.29, 1.82) is 0 Å². The number of ether oxygens (including phenoxy) is 5. The molecule has 5 rings (SSSR count). The summed E-state index contributed by atoms with van der Waals surface area (Å²) in [5, 5.41) is 2.72. The molecule has 3 fully saturated rings. The highest BCUT2D eigenvalue weighted by Gasteiger charge is 2.83. The number of nitrogens with one attached hydrogen (secondary N) is 1. The van der Waals surface area contributed by atoms with Gasteiger partial charge in [-0.15, -0.1) is 0 Å². The first-order valence-electron chi connectivity index (χ1n) is 14.3. The maximum atomic E-state index is 13.7. The first-order chi connectivity index (χ1) is 19.4. The van der Waals surface area contributed by atoms with Crippen molar-refractivity contribution in [1.82, 2.24) is 5.32 Å². The van der Waals surface area contributed by atoms with Gasteiger partial charge in [-0.3, -0.25) is 4.79 Å². The van der Waals surface area contributed by atoms with Gasteiger partial charge < -0.3 is 34.7 Å². The van der Waals surface area contributed by atoms with E-state index in [4.69, 9.17) is 29.4 Å². The van der Waals surface area contributed by atoms with Crippen molar-refractivity contribution in [2.24, 2.45) is 22.5 Å². The van der Waals surface area contributed by atoms with E-state index in [1.807, 2.05) is 0 Å². The molecule has 1 saturated carbocycles. The molecule has 0 aromatic rings. The number of hydrogen-bond acceptors (Lipinski definition) is 10. The lowest BCUT2D eigenvalue weighted by atomic mass is 9.51. The number of cyclic esters (lactones) is 2. The number of carbonyl (C=O) groups is 4. The molecule has 0 aromatic carbocycles. The second kappa shape index (κ2) is 11.0. The fourth-order valence-electron chi connectivity index (χ4n) is 7.15. The highest BCUT2D eigenvalue weighted by Crippen LogP contribution is 2.72. The van der Waals surface area contributed by atoms with E-state index >= 15 is 0 Å². The van der Waals surface area contributed by atoms with E-state index in [1.165, 1.54) is 36.8 Å². The van der Waals surface area contributed by atoms with E-state index in [1.54, 1.807) is 6.92 Å². The lowest BCUT2D eigenvalue weighted by molar-refractivity contribution is -0.233. The molecule has 2 saturated heterocycles. The lowest BCUT2D eigenvalue weighted by Crippen LogP contribution is -2.67. The van der Waals surface area contributed by atoms with Crippen molar-refractivity contribution in [3.63, 3.8) is 0 Å². The van der Waals surface area contributed by atoms with Gasteiger partial charge in [0.1, 0.15) is 24.4 Å². The minimum absolute atomic E-state index is 0.0127. The Hall–Kier alpha value is -3.02. The van der Waals surface area contributed by atoms with Crippen LogP contribution < -0.4 is 11.1 Å². The number of allylic oxidation sites excluding steroid dienone is 3. The standard InChI is InChI=1S/C30H40N2O9/c1-17-9-11-29-15-38-27(36)25(32-26(35)19(3)31)18(2)10-12-37-23(33)7-5-6-8-24(34)41-20-14-22(40-21(29)13-17)30(16-39-30)28(20,29)4/h5-8,13,18-22,25H,9-12,14-16,31H2,1-4H3,(H,32,35)/b7-5+,8-6-/t18-,19+,20-,21?,22-,25-,28-,29-,30+/m1/s1. The van der Waals surface area contributed by atoms with Crippen molar-refractivity contribution in [3.05, 3.63) is 36.0 Å². The molecule has 2 spiro atoms. The summed E-state index contributed by atoms with van der Waals surface area (Å²) in [6, 6.07) is -1.86. The summed E-state index contributed by atoms with van der Waals surface area (Å²) in [6.07, 6.45) is 8.29. The van der Waals surface area contributed by atoms with Crippen LogP contribution in [0.5, 0.6) is 0 Å². The Kier molecular flexibility index (Phi) is 7.90. The Morgan fingerprint density at radius 1 is 1.10 bits per heavy atom. The summed E-state index contributed by atoms with van der Waals surface area (Å²) in [5.74, 6) is -2.71. The molecule has 3 heterocycles. The highest BCUT2D eigenvalue weighted by molar-refractivity contribution is 5.87. The zero-order chi connectivity index (χ0) is 29.6. The Morgan fingerprint density at radius 2 is 1.80 bits per heavy atom. The molecule has 0 aromatic heterocycles. The molecule has 11 nitrogen and oxygen atoms in total. The predicted octanol–water partition coefficient (Wildman–Crippen LogP) is 1.64. The molecule has 3 N–H and O–H groups in total. The third-order valence-electron chi connectivity index (χ3n) is 9.88. The minimum atomic E-state index is -1.02. The van der Waals surface area contributed by atoms with Gasteiger partial charge in [-0.2, -0.15) is 0 Å². The highest BCUT2D eigenvalue weighted by atomic mass is 16.6. The maximum absolute atomic E-state index is 13.7. The molecule has 41 heavy (non-hydrogen) atoms. The predicted molar refractivity (Wildman–Crippen MR) is 145 cm³/mol. The zero-order valence-corrected chi connectivity index (χ0v) is 24.1. The zero-order valence-electron chi connectivity index (χ0n) is 24.1. The molecule has 3 aliphatic heterocycles. The van der Waals surface area contributed by atoms with Crippen LogP contribution in [0.25, 0.3) is 0 Å². The normalized spacial score (nSPS) is 43.2. The van der Waals surface area contributed by atoms with E-state index < -0.39 is 64.4 Å². The van der Waals surface area contributed by atoms with E-state index in [9.17, 15) is 19.2 Å². The van der Waals surface area contributed by atoms with Crippen LogP contribution in [0.4, 0.5) is 0 Å². The van der Waals surface area contributed by atoms with Crippen LogP contribution >= 0.6 is 0 Å². The number of rotatable bonds is 2. The molecule has 1 unspecified atom stereocenters. The van der Waals surface area contributed by atoms with Gasteiger partial charge >= 0.3 is 17.9 Å².